The molecule has 9 nitrogen and oxygen atoms in total. The van der Waals surface area contributed by atoms with Gasteiger partial charge in [-0.1, -0.05) is 145 Å². The van der Waals surface area contributed by atoms with Crippen LogP contribution in [0.5, 0.6) is 0 Å². The summed E-state index contributed by atoms with van der Waals surface area (Å²) in [5.41, 5.74) is 3.18. The van der Waals surface area contributed by atoms with E-state index in [0.29, 0.717) is 52.0 Å². The summed E-state index contributed by atoms with van der Waals surface area (Å²) in [5.74, 6) is 4.04. The van der Waals surface area contributed by atoms with Gasteiger partial charge in [0.05, 0.1) is 0 Å². The molecule has 4 rings (SSSR count). The van der Waals surface area contributed by atoms with Crippen molar-refractivity contribution in [2.45, 2.75) is 367 Å². The van der Waals surface area contributed by atoms with Gasteiger partial charge in [0, 0.05) is 79.8 Å². The number of piperidine rings is 4. The minimum Gasteiger partial charge on any atom is -0.343 e. The van der Waals surface area contributed by atoms with Crippen LogP contribution >= 0.6 is 0 Å². The van der Waals surface area contributed by atoms with Crippen LogP contribution in [0.3, 0.4) is 0 Å². The summed E-state index contributed by atoms with van der Waals surface area (Å²) >= 11 is 0. The average Bonchev–Trinajstić information content (AvgIpc) is 3.57. The maximum atomic E-state index is 12.1. The number of carbonyl (C=O) groups excluding carboxylic acids is 2. The van der Waals surface area contributed by atoms with E-state index in [4.69, 9.17) is 0 Å². The van der Waals surface area contributed by atoms with Gasteiger partial charge in [0.15, 0.2) is 0 Å². The maximum absolute atomic E-state index is 12.1. The first-order valence-electron chi connectivity index (χ1n) is 35.9. The molecule has 0 bridgehead atoms. The monoisotopic (exact) mass is 1220 g/mol. The highest BCUT2D eigenvalue weighted by molar-refractivity contribution is 5.77. The topological polar surface area (TPSA) is 83.2 Å². The highest BCUT2D eigenvalue weighted by atomic mass is 16.2. The predicted octanol–water partition coefficient (Wildman–Crippen LogP) is 20.2. The van der Waals surface area contributed by atoms with Gasteiger partial charge in [-0.2, -0.15) is 0 Å². The smallest absolute Gasteiger partial charge is 0.223 e. The van der Waals surface area contributed by atoms with Crippen molar-refractivity contribution in [1.29, 1.82) is 0 Å². The van der Waals surface area contributed by atoms with Crippen LogP contribution in [0.4, 0.5) is 0 Å². The Balaban J connectivity index is -0.000000468. The first kappa shape index (κ1) is 91.2. The standard InChI is InChI=1S/C16H31NO.C15H29NO.C11H26N2.C11H25N.2C10H21N.2C2H6/c1-15(2,3)10-7-14(18)17-11-8-13(9-12-17)16(4,5)6;1-14(2,3)11-13(17)16-9-7-12(8-10-16)15(4,5)6;1-10(2,3)12-8-7-9-13-11(4,5)6;1-10(2,3)8-7-9-12-11(4,5)6;2*1-9-6-5-7-11(8-9)10(2,3)4;2*1-2/h13H,7-12H2,1-6H3;12H,7-11H2,1-6H3;12-13H,7-9H2,1-6H3;12H,7-9H2,1-6H3;2*9H,5-8H2,1-4H3;2*1-2H3/t;;;;2*9-;;/m....10../s1. The van der Waals surface area contributed by atoms with Gasteiger partial charge >= 0.3 is 0 Å². The van der Waals surface area contributed by atoms with Crippen molar-refractivity contribution >= 4 is 11.8 Å². The maximum Gasteiger partial charge on any atom is 0.223 e. The van der Waals surface area contributed by atoms with Gasteiger partial charge in [-0.05, 0) is 264 Å². The van der Waals surface area contributed by atoms with Crippen LogP contribution in [-0.2, 0) is 9.59 Å². The Kier molecular flexibility index (Phi) is 44.6. The first-order chi connectivity index (χ1) is 38.6. The van der Waals surface area contributed by atoms with Crippen LogP contribution < -0.4 is 16.0 Å². The number of likely N-dealkylation sites (tertiary alicyclic amines) is 4. The Labute approximate surface area is 544 Å². The summed E-state index contributed by atoms with van der Waals surface area (Å²) in [6, 6.07) is 0. The minimum absolute atomic E-state index is 0.109. The van der Waals surface area contributed by atoms with Crippen LogP contribution in [0.15, 0.2) is 0 Å². The van der Waals surface area contributed by atoms with Crippen molar-refractivity contribution in [2.75, 3.05) is 72.0 Å². The molecule has 4 saturated heterocycles. The number of hydrogen-bond acceptors (Lipinski definition) is 7. The second-order valence-electron chi connectivity index (χ2n) is 37.1. The van der Waals surface area contributed by atoms with E-state index < -0.39 is 0 Å². The molecule has 0 saturated carbocycles. The second kappa shape index (κ2) is 42.1. The fourth-order valence-electron chi connectivity index (χ4n) is 10.9. The predicted molar refractivity (Wildman–Crippen MR) is 389 cm³/mol. The van der Waals surface area contributed by atoms with Crippen LogP contribution in [0.2, 0.25) is 0 Å². The van der Waals surface area contributed by atoms with E-state index in [1.165, 1.54) is 96.8 Å². The quantitative estimate of drug-likeness (QED) is 0.188. The molecule has 9 heteroatoms. The van der Waals surface area contributed by atoms with Gasteiger partial charge in [-0.15, -0.1) is 0 Å². The summed E-state index contributed by atoms with van der Waals surface area (Å²) in [6.07, 6.45) is 16.4. The molecule has 520 valence electrons. The van der Waals surface area contributed by atoms with Crippen LogP contribution in [0, 0.1) is 50.7 Å². The highest BCUT2D eigenvalue weighted by Crippen LogP contribution is 2.36. The zero-order valence-electron chi connectivity index (χ0n) is 66.1. The zero-order valence-corrected chi connectivity index (χ0v) is 66.1. The fourth-order valence-corrected chi connectivity index (χ4v) is 10.9. The van der Waals surface area contributed by atoms with Crippen molar-refractivity contribution in [3.8, 4) is 0 Å². The van der Waals surface area contributed by atoms with Crippen LogP contribution in [-0.4, -0.2) is 131 Å². The number of amides is 2. The van der Waals surface area contributed by atoms with Crippen LogP contribution in [0.25, 0.3) is 0 Å². The lowest BCUT2D eigenvalue weighted by Gasteiger charge is -2.40. The van der Waals surface area contributed by atoms with Gasteiger partial charge in [0.25, 0.3) is 0 Å². The molecule has 0 aromatic carbocycles. The molecule has 0 aromatic rings. The SMILES string of the molecule is CC.CC.CC(C)(C)CC(=O)N1CCC(C(C)(C)C)CC1.CC(C)(C)CCC(=O)N1CCC(C(C)(C)C)CC1.CC(C)(C)CCCNC(C)(C)C.CC(C)(C)NCCCNC(C)(C)C.C[C@@H]1CCCN(C(C)(C)C)C1.C[C@H]1CCCN(C(C)(C)C)C1. The summed E-state index contributed by atoms with van der Waals surface area (Å²) in [5, 5.41) is 10.4. The highest BCUT2D eigenvalue weighted by Gasteiger charge is 2.33. The minimum atomic E-state index is 0.109. The molecule has 4 fully saturated rings. The lowest BCUT2D eigenvalue weighted by Crippen LogP contribution is -2.46. The lowest BCUT2D eigenvalue weighted by atomic mass is 9.75. The molecule has 0 unspecified atom stereocenters. The Bertz CT molecular complexity index is 1590. The normalized spacial score (nSPS) is 19.3. The van der Waals surface area contributed by atoms with Gasteiger partial charge in [0.1, 0.15) is 0 Å². The van der Waals surface area contributed by atoms with E-state index in [2.05, 4.69) is 257 Å². The molecule has 4 aliphatic rings. The lowest BCUT2D eigenvalue weighted by molar-refractivity contribution is -0.135. The van der Waals surface area contributed by atoms with Crippen molar-refractivity contribution in [3.63, 3.8) is 0 Å². The third-order valence-electron chi connectivity index (χ3n) is 16.5. The first-order valence-corrected chi connectivity index (χ1v) is 35.9. The Morgan fingerprint density at radius 3 is 0.895 bits per heavy atom. The number of nitrogens with one attached hydrogen (secondary N) is 3. The number of carbonyl (C=O) groups is 2. The molecule has 0 radical (unpaired) electrons. The molecule has 2 amide bonds. The summed E-state index contributed by atoms with van der Waals surface area (Å²) < 4.78 is 0. The van der Waals surface area contributed by atoms with Gasteiger partial charge in [-0.25, -0.2) is 0 Å². The largest absolute Gasteiger partial charge is 0.343 e. The van der Waals surface area contributed by atoms with E-state index in [9.17, 15) is 9.59 Å². The molecule has 4 aliphatic heterocycles. The summed E-state index contributed by atoms with van der Waals surface area (Å²) in [7, 11) is 0. The zero-order chi connectivity index (χ0) is 68.6. The van der Waals surface area contributed by atoms with Gasteiger partial charge in [0.2, 0.25) is 11.8 Å². The molecule has 0 spiro atoms. The van der Waals surface area contributed by atoms with Gasteiger partial charge < -0.3 is 25.8 Å². The van der Waals surface area contributed by atoms with Gasteiger partial charge in [-0.3, -0.25) is 19.4 Å². The van der Waals surface area contributed by atoms with Crippen molar-refractivity contribution in [1.82, 2.24) is 35.6 Å². The third kappa shape index (κ3) is 54.5. The second-order valence-corrected chi connectivity index (χ2v) is 37.1. The number of nitrogens with zero attached hydrogens (tertiary/aromatic N) is 4. The Hall–Kier alpha value is -1.26. The molecule has 4 heterocycles. The Morgan fingerprint density at radius 1 is 0.372 bits per heavy atom. The van der Waals surface area contributed by atoms with Crippen molar-refractivity contribution in [3.05, 3.63) is 0 Å². The van der Waals surface area contributed by atoms with E-state index in [-0.39, 0.29) is 27.4 Å². The molecule has 0 aliphatic carbocycles. The molecule has 0 aromatic heterocycles. The molecule has 3 N–H and O–H groups in total. The summed E-state index contributed by atoms with van der Waals surface area (Å²) in [4.78, 5) is 33.6. The van der Waals surface area contributed by atoms with E-state index in [1.54, 1.807) is 0 Å². The molecule has 86 heavy (non-hydrogen) atoms. The molecular formula is C77H165N7O2. The number of hydrogen-bond donors (Lipinski definition) is 3. The van der Waals surface area contributed by atoms with Crippen molar-refractivity contribution in [2.24, 2.45) is 50.7 Å². The van der Waals surface area contributed by atoms with Crippen molar-refractivity contribution < 1.29 is 9.59 Å². The van der Waals surface area contributed by atoms with E-state index in [1.807, 2.05) is 27.7 Å². The molecular weight excluding hydrogens is 1050 g/mol. The van der Waals surface area contributed by atoms with Crippen LogP contribution in [0.1, 0.15) is 339 Å². The summed E-state index contributed by atoms with van der Waals surface area (Å²) in [6.45, 7) is 92.5. The average molecular weight is 1220 g/mol. The number of rotatable bonds is 10. The fraction of sp³-hybridized carbons (Fsp3) is 0.974. The van der Waals surface area contributed by atoms with E-state index in [0.717, 1.165) is 75.9 Å². The van der Waals surface area contributed by atoms with E-state index >= 15 is 0 Å². The molecule has 2 atom stereocenters. The Morgan fingerprint density at radius 2 is 0.663 bits per heavy atom. The third-order valence-corrected chi connectivity index (χ3v) is 16.5.